The Morgan fingerprint density at radius 1 is 1.22 bits per heavy atom. The lowest BCUT2D eigenvalue weighted by molar-refractivity contribution is -0.138. The molecule has 0 unspecified atom stereocenters. The molecule has 0 bridgehead atoms. The second kappa shape index (κ2) is 6.49. The maximum atomic E-state index is 12.8. The summed E-state index contributed by atoms with van der Waals surface area (Å²) in [5.74, 6) is -0.685. The van der Waals surface area contributed by atoms with E-state index in [-0.39, 0.29) is 27.2 Å². The monoisotopic (exact) mass is 389 g/mol. The zero-order chi connectivity index (χ0) is 17.2. The zero-order valence-corrected chi connectivity index (χ0v) is 13.3. The van der Waals surface area contributed by atoms with Gasteiger partial charge in [-0.05, 0) is 36.4 Å². The van der Waals surface area contributed by atoms with Gasteiger partial charge in [0.2, 0.25) is 0 Å². The van der Waals surface area contributed by atoms with E-state index in [2.05, 4.69) is 21.2 Å². The molecule has 8 heteroatoms. The molecular weight excluding hydrogens is 379 g/mol. The molecule has 0 saturated heterocycles. The molecule has 0 aliphatic rings. The Kier molecular flexibility index (Phi) is 4.84. The van der Waals surface area contributed by atoms with Crippen LogP contribution in [0.2, 0.25) is 0 Å². The summed E-state index contributed by atoms with van der Waals surface area (Å²) in [6, 6.07) is 7.26. The molecule has 4 nitrogen and oxygen atoms in total. The van der Waals surface area contributed by atoms with Gasteiger partial charge in [-0.3, -0.25) is 4.79 Å². The normalized spacial score (nSPS) is 11.2. The summed E-state index contributed by atoms with van der Waals surface area (Å²) >= 11 is 2.83. The first-order valence-electron chi connectivity index (χ1n) is 6.27. The van der Waals surface area contributed by atoms with Gasteiger partial charge >= 0.3 is 6.18 Å². The summed E-state index contributed by atoms with van der Waals surface area (Å²) in [5, 5.41) is 11.8. The fourth-order valence-electron chi connectivity index (χ4n) is 1.84. The third-order valence-corrected chi connectivity index (χ3v) is 3.66. The molecule has 2 aromatic carbocycles. The van der Waals surface area contributed by atoms with Crippen molar-refractivity contribution in [1.82, 2.24) is 0 Å². The Hall–Kier alpha value is -2.22. The van der Waals surface area contributed by atoms with Crippen LogP contribution in [0.3, 0.4) is 0 Å². The van der Waals surface area contributed by atoms with Crippen molar-refractivity contribution in [1.29, 1.82) is 0 Å². The molecule has 0 saturated carbocycles. The molecule has 0 atom stereocenters. The molecule has 23 heavy (non-hydrogen) atoms. The lowest BCUT2D eigenvalue weighted by Crippen LogP contribution is -2.13. The number of amides is 1. The second-order valence-corrected chi connectivity index (χ2v) is 5.39. The van der Waals surface area contributed by atoms with Crippen LogP contribution in [-0.2, 0) is 6.18 Å². The van der Waals surface area contributed by atoms with Crippen molar-refractivity contribution in [3.05, 3.63) is 52.0 Å². The highest BCUT2D eigenvalue weighted by Crippen LogP contribution is 2.36. The van der Waals surface area contributed by atoms with Crippen LogP contribution in [0.15, 0.2) is 40.9 Å². The van der Waals surface area contributed by atoms with E-state index in [1.54, 1.807) is 0 Å². The topological polar surface area (TPSA) is 58.6 Å². The van der Waals surface area contributed by atoms with Gasteiger partial charge in [0.25, 0.3) is 5.91 Å². The van der Waals surface area contributed by atoms with Crippen LogP contribution in [0.4, 0.5) is 18.9 Å². The summed E-state index contributed by atoms with van der Waals surface area (Å²) in [6.07, 6.45) is -4.54. The number of methoxy groups -OCH3 is 1. The van der Waals surface area contributed by atoms with Crippen LogP contribution >= 0.6 is 15.9 Å². The predicted molar refractivity (Wildman–Crippen MR) is 81.8 cm³/mol. The molecule has 0 aliphatic heterocycles. The molecule has 0 aromatic heterocycles. The Balaban J connectivity index is 2.27. The number of benzene rings is 2. The number of hydrogen-bond donors (Lipinski definition) is 2. The summed E-state index contributed by atoms with van der Waals surface area (Å²) in [4.78, 5) is 12.1. The Morgan fingerprint density at radius 2 is 1.91 bits per heavy atom. The number of nitrogens with one attached hydrogen (secondary N) is 1. The van der Waals surface area contributed by atoms with Gasteiger partial charge < -0.3 is 15.2 Å². The van der Waals surface area contributed by atoms with E-state index in [4.69, 9.17) is 4.74 Å². The highest BCUT2D eigenvalue weighted by molar-refractivity contribution is 9.10. The summed E-state index contributed by atoms with van der Waals surface area (Å²) in [7, 11) is 1.32. The molecule has 0 fully saturated rings. The number of phenols is 1. The number of ether oxygens (including phenoxy) is 1. The fourth-order valence-corrected chi connectivity index (χ4v) is 2.31. The number of carbonyl (C=O) groups excluding carboxylic acids is 1. The Morgan fingerprint density at radius 3 is 2.52 bits per heavy atom. The van der Waals surface area contributed by atoms with E-state index in [9.17, 15) is 23.1 Å². The fraction of sp³-hybridized carbons (Fsp3) is 0.133. The van der Waals surface area contributed by atoms with Gasteiger partial charge in [0, 0.05) is 15.7 Å². The average Bonchev–Trinajstić information content (AvgIpc) is 2.48. The number of hydrogen-bond acceptors (Lipinski definition) is 3. The number of anilines is 1. The average molecular weight is 390 g/mol. The van der Waals surface area contributed by atoms with E-state index in [0.29, 0.717) is 0 Å². The van der Waals surface area contributed by atoms with E-state index in [0.717, 1.165) is 6.07 Å². The number of phenolic OH excluding ortho intramolecular Hbond substituents is 1. The first-order valence-corrected chi connectivity index (χ1v) is 7.07. The smallest absolute Gasteiger partial charge is 0.417 e. The van der Waals surface area contributed by atoms with Crippen molar-refractivity contribution in [3.63, 3.8) is 0 Å². The molecule has 0 spiro atoms. The van der Waals surface area contributed by atoms with E-state index in [1.807, 2.05) is 0 Å². The van der Waals surface area contributed by atoms with Gasteiger partial charge in [0.15, 0.2) is 11.5 Å². The number of alkyl halides is 3. The third kappa shape index (κ3) is 3.95. The molecule has 0 radical (unpaired) electrons. The molecule has 0 heterocycles. The summed E-state index contributed by atoms with van der Waals surface area (Å²) in [5.41, 5.74) is -0.757. The first-order chi connectivity index (χ1) is 10.7. The van der Waals surface area contributed by atoms with Crippen molar-refractivity contribution in [3.8, 4) is 11.5 Å². The molecule has 2 N–H and O–H groups in total. The number of rotatable bonds is 3. The highest BCUT2D eigenvalue weighted by Gasteiger charge is 2.33. The van der Waals surface area contributed by atoms with Crippen molar-refractivity contribution < 1.29 is 27.8 Å². The Labute approximate surface area is 138 Å². The SMILES string of the molecule is COc1cc(C(=O)Nc2ccc(Br)c(C(F)(F)F)c2)ccc1O. The van der Waals surface area contributed by atoms with Crippen molar-refractivity contribution in [2.45, 2.75) is 6.18 Å². The van der Waals surface area contributed by atoms with Gasteiger partial charge in [-0.15, -0.1) is 0 Å². The van der Waals surface area contributed by atoms with Crippen LogP contribution in [0.1, 0.15) is 15.9 Å². The van der Waals surface area contributed by atoms with Gasteiger partial charge in [0.05, 0.1) is 12.7 Å². The minimum absolute atomic E-state index is 0.00225. The van der Waals surface area contributed by atoms with E-state index in [1.165, 1.54) is 37.4 Å². The molecule has 1 amide bonds. The van der Waals surface area contributed by atoms with Crippen LogP contribution in [-0.4, -0.2) is 18.1 Å². The lowest BCUT2D eigenvalue weighted by Gasteiger charge is -2.12. The first kappa shape index (κ1) is 17.1. The molecule has 122 valence electrons. The van der Waals surface area contributed by atoms with Gasteiger partial charge in [-0.25, -0.2) is 0 Å². The minimum Gasteiger partial charge on any atom is -0.504 e. The Bertz CT molecular complexity index is 747. The highest BCUT2D eigenvalue weighted by atomic mass is 79.9. The van der Waals surface area contributed by atoms with E-state index >= 15 is 0 Å². The van der Waals surface area contributed by atoms with Gasteiger partial charge in [-0.1, -0.05) is 15.9 Å². The van der Waals surface area contributed by atoms with Gasteiger partial charge in [-0.2, -0.15) is 13.2 Å². The number of carbonyl (C=O) groups is 1. The largest absolute Gasteiger partial charge is 0.504 e. The standard InChI is InChI=1S/C15H11BrF3NO3/c1-23-13-6-8(2-5-12(13)21)14(22)20-9-3-4-11(16)10(7-9)15(17,18)19/h2-7,21H,1H3,(H,20,22). The maximum absolute atomic E-state index is 12.8. The predicted octanol–water partition coefficient (Wildman–Crippen LogP) is 4.43. The maximum Gasteiger partial charge on any atom is 0.417 e. The van der Waals surface area contributed by atoms with Crippen LogP contribution in [0, 0.1) is 0 Å². The second-order valence-electron chi connectivity index (χ2n) is 4.53. The lowest BCUT2D eigenvalue weighted by atomic mass is 10.1. The summed E-state index contributed by atoms with van der Waals surface area (Å²) in [6.45, 7) is 0. The van der Waals surface area contributed by atoms with Crippen molar-refractivity contribution in [2.75, 3.05) is 12.4 Å². The van der Waals surface area contributed by atoms with Crippen LogP contribution in [0.25, 0.3) is 0 Å². The van der Waals surface area contributed by atoms with Crippen molar-refractivity contribution in [2.24, 2.45) is 0 Å². The van der Waals surface area contributed by atoms with Crippen LogP contribution in [0.5, 0.6) is 11.5 Å². The zero-order valence-electron chi connectivity index (χ0n) is 11.7. The van der Waals surface area contributed by atoms with Crippen molar-refractivity contribution >= 4 is 27.5 Å². The number of aromatic hydroxyl groups is 1. The van der Waals surface area contributed by atoms with E-state index < -0.39 is 17.6 Å². The van der Waals surface area contributed by atoms with Crippen LogP contribution < -0.4 is 10.1 Å². The third-order valence-electron chi connectivity index (χ3n) is 2.97. The molecular formula is C15H11BrF3NO3. The minimum atomic E-state index is -4.54. The molecule has 2 aromatic rings. The summed E-state index contributed by atoms with van der Waals surface area (Å²) < 4.78 is 43.3. The quantitative estimate of drug-likeness (QED) is 0.815. The van der Waals surface area contributed by atoms with Gasteiger partial charge in [0.1, 0.15) is 0 Å². The molecule has 0 aliphatic carbocycles. The number of halogens is 4. The molecule has 2 rings (SSSR count).